The van der Waals surface area contributed by atoms with Crippen molar-refractivity contribution in [1.82, 2.24) is 9.88 Å². The van der Waals surface area contributed by atoms with Crippen LogP contribution in [0.2, 0.25) is 0 Å². The van der Waals surface area contributed by atoms with Gasteiger partial charge in [-0.1, -0.05) is 13.8 Å². The molecule has 2 rings (SSSR count). The van der Waals surface area contributed by atoms with Gasteiger partial charge < -0.3 is 10.2 Å². The van der Waals surface area contributed by atoms with Crippen molar-refractivity contribution in [2.45, 2.75) is 39.5 Å². The fourth-order valence-electron chi connectivity index (χ4n) is 2.60. The third-order valence-corrected chi connectivity index (χ3v) is 3.88. The summed E-state index contributed by atoms with van der Waals surface area (Å²) in [6.07, 6.45) is 6.18. The lowest BCUT2D eigenvalue weighted by Crippen LogP contribution is -2.32. The van der Waals surface area contributed by atoms with Crippen LogP contribution < -0.4 is 5.32 Å². The molecule has 20 heavy (non-hydrogen) atoms. The second-order valence-corrected chi connectivity index (χ2v) is 5.65. The number of carbonyl (C=O) groups is 1. The number of amides is 1. The third-order valence-electron chi connectivity index (χ3n) is 3.88. The van der Waals surface area contributed by atoms with E-state index in [9.17, 15) is 4.79 Å². The van der Waals surface area contributed by atoms with Crippen molar-refractivity contribution in [2.24, 2.45) is 5.92 Å². The molecule has 1 N–H and O–H groups in total. The topological polar surface area (TPSA) is 45.2 Å². The number of hydrogen-bond acceptors (Lipinski definition) is 3. The second-order valence-electron chi connectivity index (χ2n) is 5.65. The molecule has 4 heteroatoms. The highest BCUT2D eigenvalue weighted by molar-refractivity contribution is 5.98. The standard InChI is InChI=1S/C16H25N3O/c1-3-9-17-15-14(7-4-10-18-15)16(20)19-11-5-6-13(2)8-12-19/h4,7,10,13H,3,5-6,8-9,11-12H2,1-2H3,(H,17,18). The average molecular weight is 275 g/mol. The zero-order chi connectivity index (χ0) is 14.4. The van der Waals surface area contributed by atoms with Gasteiger partial charge in [-0.05, 0) is 43.7 Å². The van der Waals surface area contributed by atoms with Crippen LogP contribution in [0.15, 0.2) is 18.3 Å². The van der Waals surface area contributed by atoms with E-state index >= 15 is 0 Å². The molecule has 1 atom stereocenters. The van der Waals surface area contributed by atoms with E-state index in [1.807, 2.05) is 17.0 Å². The molecule has 0 aromatic carbocycles. The first-order chi connectivity index (χ1) is 9.72. The number of nitrogens with zero attached hydrogens (tertiary/aromatic N) is 2. The SMILES string of the molecule is CCCNc1ncccc1C(=O)N1CCCC(C)CC1. The summed E-state index contributed by atoms with van der Waals surface area (Å²) < 4.78 is 0. The molecule has 2 heterocycles. The zero-order valence-corrected chi connectivity index (χ0v) is 12.6. The van der Waals surface area contributed by atoms with Crippen LogP contribution in [0.1, 0.15) is 49.9 Å². The number of likely N-dealkylation sites (tertiary alicyclic amines) is 1. The summed E-state index contributed by atoms with van der Waals surface area (Å²) in [6, 6.07) is 3.71. The molecule has 0 spiro atoms. The first kappa shape index (κ1) is 14.8. The first-order valence-corrected chi connectivity index (χ1v) is 7.70. The molecule has 1 aliphatic heterocycles. The molecule has 4 nitrogen and oxygen atoms in total. The van der Waals surface area contributed by atoms with Crippen molar-refractivity contribution in [3.8, 4) is 0 Å². The van der Waals surface area contributed by atoms with Gasteiger partial charge in [0.25, 0.3) is 5.91 Å². The molecule has 1 aromatic heterocycles. The van der Waals surface area contributed by atoms with Gasteiger partial charge in [0.05, 0.1) is 5.56 Å². The molecule has 0 bridgehead atoms. The van der Waals surface area contributed by atoms with Gasteiger partial charge in [-0.15, -0.1) is 0 Å². The van der Waals surface area contributed by atoms with E-state index in [0.717, 1.165) is 50.6 Å². The number of pyridine rings is 1. The molecular weight excluding hydrogens is 250 g/mol. The van der Waals surface area contributed by atoms with E-state index in [2.05, 4.69) is 24.1 Å². The summed E-state index contributed by atoms with van der Waals surface area (Å²) in [7, 11) is 0. The van der Waals surface area contributed by atoms with Crippen LogP contribution in [0.3, 0.4) is 0 Å². The maximum atomic E-state index is 12.7. The highest BCUT2D eigenvalue weighted by Crippen LogP contribution is 2.20. The largest absolute Gasteiger partial charge is 0.369 e. The van der Waals surface area contributed by atoms with Gasteiger partial charge in [-0.2, -0.15) is 0 Å². The Morgan fingerprint density at radius 3 is 3.10 bits per heavy atom. The minimum atomic E-state index is 0.116. The molecule has 0 radical (unpaired) electrons. The predicted molar refractivity (Wildman–Crippen MR) is 81.9 cm³/mol. The van der Waals surface area contributed by atoms with Crippen LogP contribution in [0.5, 0.6) is 0 Å². The van der Waals surface area contributed by atoms with Crippen molar-refractivity contribution < 1.29 is 4.79 Å². The fourth-order valence-corrected chi connectivity index (χ4v) is 2.60. The molecular formula is C16H25N3O. The van der Waals surface area contributed by atoms with Gasteiger partial charge in [0.2, 0.25) is 0 Å². The van der Waals surface area contributed by atoms with Crippen molar-refractivity contribution in [1.29, 1.82) is 0 Å². The number of anilines is 1. The molecule has 110 valence electrons. The van der Waals surface area contributed by atoms with Crippen molar-refractivity contribution in [3.63, 3.8) is 0 Å². The minimum absolute atomic E-state index is 0.116. The summed E-state index contributed by atoms with van der Waals surface area (Å²) >= 11 is 0. The first-order valence-electron chi connectivity index (χ1n) is 7.70. The van der Waals surface area contributed by atoms with Gasteiger partial charge in [-0.3, -0.25) is 4.79 Å². The Kier molecular flexibility index (Phi) is 5.39. The Hall–Kier alpha value is -1.58. The van der Waals surface area contributed by atoms with E-state index in [0.29, 0.717) is 5.56 Å². The number of nitrogens with one attached hydrogen (secondary N) is 1. The zero-order valence-electron chi connectivity index (χ0n) is 12.6. The quantitative estimate of drug-likeness (QED) is 0.918. The van der Waals surface area contributed by atoms with E-state index in [1.165, 1.54) is 6.42 Å². The van der Waals surface area contributed by atoms with Crippen LogP contribution in [-0.4, -0.2) is 35.4 Å². The Morgan fingerprint density at radius 1 is 1.45 bits per heavy atom. The van der Waals surface area contributed by atoms with Gasteiger partial charge in [-0.25, -0.2) is 4.98 Å². The lowest BCUT2D eigenvalue weighted by molar-refractivity contribution is 0.0761. The average Bonchev–Trinajstić information content (AvgIpc) is 2.69. The van der Waals surface area contributed by atoms with Crippen LogP contribution in [0.25, 0.3) is 0 Å². The highest BCUT2D eigenvalue weighted by atomic mass is 16.2. The molecule has 1 saturated heterocycles. The lowest BCUT2D eigenvalue weighted by Gasteiger charge is -2.21. The van der Waals surface area contributed by atoms with Crippen LogP contribution in [0.4, 0.5) is 5.82 Å². The summed E-state index contributed by atoms with van der Waals surface area (Å²) in [4.78, 5) is 19.0. The lowest BCUT2D eigenvalue weighted by atomic mass is 10.0. The summed E-state index contributed by atoms with van der Waals surface area (Å²) in [5.74, 6) is 1.56. The van der Waals surface area contributed by atoms with Gasteiger partial charge in [0.1, 0.15) is 5.82 Å². The monoisotopic (exact) mass is 275 g/mol. The van der Waals surface area contributed by atoms with Crippen molar-refractivity contribution >= 4 is 11.7 Å². The molecule has 0 saturated carbocycles. The Labute approximate surface area is 121 Å². The van der Waals surface area contributed by atoms with Crippen LogP contribution >= 0.6 is 0 Å². The summed E-state index contributed by atoms with van der Waals surface area (Å²) in [5.41, 5.74) is 0.704. The summed E-state index contributed by atoms with van der Waals surface area (Å²) in [5, 5.41) is 3.25. The fraction of sp³-hybridized carbons (Fsp3) is 0.625. The number of rotatable bonds is 4. The van der Waals surface area contributed by atoms with E-state index in [4.69, 9.17) is 0 Å². The van der Waals surface area contributed by atoms with Gasteiger partial charge in [0, 0.05) is 25.8 Å². The maximum Gasteiger partial charge on any atom is 0.257 e. The van der Waals surface area contributed by atoms with E-state index in [1.54, 1.807) is 6.20 Å². The maximum absolute atomic E-state index is 12.7. The predicted octanol–water partition coefficient (Wildman–Crippen LogP) is 3.17. The molecule has 1 fully saturated rings. The summed E-state index contributed by atoms with van der Waals surface area (Å²) in [6.45, 7) is 6.95. The second kappa shape index (κ2) is 7.27. The molecule has 1 unspecified atom stereocenters. The number of hydrogen-bond donors (Lipinski definition) is 1. The highest BCUT2D eigenvalue weighted by Gasteiger charge is 2.22. The molecule has 0 aliphatic carbocycles. The number of aromatic nitrogens is 1. The smallest absolute Gasteiger partial charge is 0.257 e. The Morgan fingerprint density at radius 2 is 2.30 bits per heavy atom. The molecule has 1 amide bonds. The van der Waals surface area contributed by atoms with E-state index in [-0.39, 0.29) is 5.91 Å². The third kappa shape index (κ3) is 3.71. The van der Waals surface area contributed by atoms with Crippen molar-refractivity contribution in [2.75, 3.05) is 25.0 Å². The Balaban J connectivity index is 2.11. The van der Waals surface area contributed by atoms with Crippen molar-refractivity contribution in [3.05, 3.63) is 23.9 Å². The van der Waals surface area contributed by atoms with Gasteiger partial charge in [0.15, 0.2) is 0 Å². The molecule has 1 aromatic rings. The molecule has 1 aliphatic rings. The minimum Gasteiger partial charge on any atom is -0.369 e. The van der Waals surface area contributed by atoms with Crippen LogP contribution in [0, 0.1) is 5.92 Å². The van der Waals surface area contributed by atoms with Crippen LogP contribution in [-0.2, 0) is 0 Å². The van der Waals surface area contributed by atoms with Gasteiger partial charge >= 0.3 is 0 Å². The van der Waals surface area contributed by atoms with E-state index < -0.39 is 0 Å². The normalized spacial score (nSPS) is 19.5. The Bertz CT molecular complexity index is 447. The number of carbonyl (C=O) groups excluding carboxylic acids is 1.